The zero-order valence-corrected chi connectivity index (χ0v) is 13.9. The third-order valence-corrected chi connectivity index (χ3v) is 3.54. The molecule has 0 amide bonds. The van der Waals surface area contributed by atoms with Crippen molar-refractivity contribution in [3.8, 4) is 0 Å². The lowest BCUT2D eigenvalue weighted by atomic mass is 10.0. The molecular formula is C19H18BrNO. The van der Waals surface area contributed by atoms with Crippen LogP contribution in [0.15, 0.2) is 84.6 Å². The molecule has 0 radical (unpaired) electrons. The van der Waals surface area contributed by atoms with Crippen LogP contribution in [0.3, 0.4) is 0 Å². The Bertz CT molecular complexity index is 677. The number of benzene rings is 2. The van der Waals surface area contributed by atoms with Crippen LogP contribution in [0.4, 0.5) is 0 Å². The van der Waals surface area contributed by atoms with Gasteiger partial charge in [0.1, 0.15) is 0 Å². The topological polar surface area (TPSA) is 20.3 Å². The van der Waals surface area contributed by atoms with Crippen molar-refractivity contribution in [2.45, 2.75) is 6.54 Å². The van der Waals surface area contributed by atoms with Gasteiger partial charge in [-0.3, -0.25) is 4.79 Å². The van der Waals surface area contributed by atoms with Crippen LogP contribution >= 0.6 is 17.0 Å². The van der Waals surface area contributed by atoms with Gasteiger partial charge >= 0.3 is 0 Å². The highest BCUT2D eigenvalue weighted by molar-refractivity contribution is 8.93. The van der Waals surface area contributed by atoms with Gasteiger partial charge in [0.15, 0.2) is 5.78 Å². The van der Waals surface area contributed by atoms with Crippen LogP contribution in [0.1, 0.15) is 15.9 Å². The summed E-state index contributed by atoms with van der Waals surface area (Å²) < 4.78 is 0. The van der Waals surface area contributed by atoms with Crippen molar-refractivity contribution >= 4 is 22.8 Å². The van der Waals surface area contributed by atoms with Gasteiger partial charge in [-0.25, -0.2) is 0 Å². The number of halogens is 1. The molecule has 0 aromatic heterocycles. The number of carbonyl (C=O) groups excluding carboxylic acids is 1. The maximum absolute atomic E-state index is 12.3. The van der Waals surface area contributed by atoms with Crippen molar-refractivity contribution < 1.29 is 4.79 Å². The number of hydrogen-bond donors (Lipinski definition) is 0. The van der Waals surface area contributed by atoms with Crippen molar-refractivity contribution in [3.63, 3.8) is 0 Å². The van der Waals surface area contributed by atoms with Crippen LogP contribution in [0.2, 0.25) is 0 Å². The molecule has 1 heterocycles. The van der Waals surface area contributed by atoms with E-state index in [0.29, 0.717) is 0 Å². The maximum Gasteiger partial charge on any atom is 0.192 e. The summed E-state index contributed by atoms with van der Waals surface area (Å²) >= 11 is 0. The summed E-state index contributed by atoms with van der Waals surface area (Å²) in [5, 5.41) is 0. The first-order valence-electron chi connectivity index (χ1n) is 7.09. The van der Waals surface area contributed by atoms with Gasteiger partial charge in [-0.1, -0.05) is 66.7 Å². The third-order valence-electron chi connectivity index (χ3n) is 3.54. The Balaban J connectivity index is 0.00000176. The first kappa shape index (κ1) is 16.2. The largest absolute Gasteiger partial charge is 0.369 e. The SMILES string of the molecule is Br.O=C(C1=CCN(Cc2ccccc2)C=C1)c1ccccc1. The molecule has 0 atom stereocenters. The molecular weight excluding hydrogens is 338 g/mol. The van der Waals surface area contributed by atoms with Crippen LogP contribution in [0.25, 0.3) is 0 Å². The standard InChI is InChI=1S/C19H17NO.BrH/c21-19(17-9-5-2-6-10-17)18-11-13-20(14-12-18)15-16-7-3-1-4-8-16;/h1-13H,14-15H2;1H. The summed E-state index contributed by atoms with van der Waals surface area (Å²) in [5.74, 6) is 0.0891. The Morgan fingerprint density at radius 1 is 0.955 bits per heavy atom. The minimum atomic E-state index is 0. The van der Waals surface area contributed by atoms with Crippen molar-refractivity contribution in [2.75, 3.05) is 6.54 Å². The number of hydrogen-bond acceptors (Lipinski definition) is 2. The lowest BCUT2D eigenvalue weighted by molar-refractivity contribution is 0.103. The Labute approximate surface area is 141 Å². The second-order valence-electron chi connectivity index (χ2n) is 5.09. The van der Waals surface area contributed by atoms with Gasteiger partial charge < -0.3 is 4.90 Å². The predicted molar refractivity (Wildman–Crippen MR) is 95.2 cm³/mol. The second kappa shape index (κ2) is 7.76. The maximum atomic E-state index is 12.3. The third kappa shape index (κ3) is 3.95. The van der Waals surface area contributed by atoms with Gasteiger partial charge in [0.25, 0.3) is 0 Å². The summed E-state index contributed by atoms with van der Waals surface area (Å²) in [6, 6.07) is 19.7. The van der Waals surface area contributed by atoms with E-state index in [9.17, 15) is 4.79 Å². The number of carbonyl (C=O) groups is 1. The molecule has 2 aromatic rings. The zero-order chi connectivity index (χ0) is 14.5. The number of Topliss-reactive ketones (excluding diaryl/α,β-unsaturated/α-hetero) is 1. The molecule has 2 nitrogen and oxygen atoms in total. The first-order valence-corrected chi connectivity index (χ1v) is 7.09. The minimum absolute atomic E-state index is 0. The monoisotopic (exact) mass is 355 g/mol. The normalized spacial score (nSPS) is 13.3. The molecule has 0 saturated carbocycles. The molecule has 0 N–H and O–H groups in total. The molecule has 0 unspecified atom stereocenters. The van der Waals surface area contributed by atoms with Gasteiger partial charge in [0, 0.05) is 30.4 Å². The Morgan fingerprint density at radius 3 is 2.18 bits per heavy atom. The van der Waals surface area contributed by atoms with Gasteiger partial charge in [0.2, 0.25) is 0 Å². The number of rotatable bonds is 4. The Hall–Kier alpha value is -2.13. The smallest absolute Gasteiger partial charge is 0.192 e. The van der Waals surface area contributed by atoms with Crippen LogP contribution in [0.5, 0.6) is 0 Å². The molecule has 1 aliphatic heterocycles. The fourth-order valence-electron chi connectivity index (χ4n) is 2.39. The highest BCUT2D eigenvalue weighted by atomic mass is 79.9. The van der Waals surface area contributed by atoms with Crippen LogP contribution in [-0.2, 0) is 6.54 Å². The van der Waals surface area contributed by atoms with Gasteiger partial charge in [-0.05, 0) is 11.6 Å². The molecule has 0 bridgehead atoms. The fourth-order valence-corrected chi connectivity index (χ4v) is 2.39. The highest BCUT2D eigenvalue weighted by Gasteiger charge is 2.13. The van der Waals surface area contributed by atoms with Crippen LogP contribution < -0.4 is 0 Å². The van der Waals surface area contributed by atoms with Gasteiger partial charge in [0.05, 0.1) is 0 Å². The first-order chi connectivity index (χ1) is 10.3. The molecule has 0 aliphatic carbocycles. The van der Waals surface area contributed by atoms with E-state index in [1.807, 2.05) is 66.9 Å². The zero-order valence-electron chi connectivity index (χ0n) is 12.2. The highest BCUT2D eigenvalue weighted by Crippen LogP contribution is 2.15. The van der Waals surface area contributed by atoms with Gasteiger partial charge in [-0.15, -0.1) is 17.0 Å². The average Bonchev–Trinajstić information content (AvgIpc) is 2.57. The molecule has 1 aliphatic rings. The molecule has 112 valence electrons. The van der Waals surface area contributed by atoms with Crippen molar-refractivity contribution in [1.82, 2.24) is 4.90 Å². The van der Waals surface area contributed by atoms with E-state index in [2.05, 4.69) is 17.0 Å². The quantitative estimate of drug-likeness (QED) is 0.757. The van der Waals surface area contributed by atoms with E-state index in [0.717, 1.165) is 24.2 Å². The molecule has 0 spiro atoms. The lowest BCUT2D eigenvalue weighted by Crippen LogP contribution is -2.21. The van der Waals surface area contributed by atoms with Crippen LogP contribution in [-0.4, -0.2) is 17.2 Å². The molecule has 3 rings (SSSR count). The second-order valence-corrected chi connectivity index (χ2v) is 5.09. The van der Waals surface area contributed by atoms with E-state index < -0.39 is 0 Å². The summed E-state index contributed by atoms with van der Waals surface area (Å²) in [6.45, 7) is 1.62. The fraction of sp³-hybridized carbons (Fsp3) is 0.105. The number of ketones is 1. The van der Waals surface area contributed by atoms with E-state index in [1.165, 1.54) is 5.56 Å². The van der Waals surface area contributed by atoms with Gasteiger partial charge in [-0.2, -0.15) is 0 Å². The molecule has 0 fully saturated rings. The molecule has 2 aromatic carbocycles. The van der Waals surface area contributed by atoms with Crippen molar-refractivity contribution in [1.29, 1.82) is 0 Å². The van der Waals surface area contributed by atoms with E-state index in [1.54, 1.807) is 0 Å². The molecule has 22 heavy (non-hydrogen) atoms. The average molecular weight is 356 g/mol. The Kier molecular flexibility index (Phi) is 5.73. The minimum Gasteiger partial charge on any atom is -0.369 e. The summed E-state index contributed by atoms with van der Waals surface area (Å²) in [4.78, 5) is 14.5. The summed E-state index contributed by atoms with van der Waals surface area (Å²) in [7, 11) is 0. The van der Waals surface area contributed by atoms with Crippen molar-refractivity contribution in [2.24, 2.45) is 0 Å². The predicted octanol–water partition coefficient (Wildman–Crippen LogP) is 4.40. The Morgan fingerprint density at radius 2 is 1.59 bits per heavy atom. The molecule has 0 saturated heterocycles. The molecule has 3 heteroatoms. The van der Waals surface area contributed by atoms with E-state index in [4.69, 9.17) is 0 Å². The van der Waals surface area contributed by atoms with Crippen LogP contribution in [0, 0.1) is 0 Å². The summed E-state index contributed by atoms with van der Waals surface area (Å²) in [6.07, 6.45) is 5.91. The number of allylic oxidation sites excluding steroid dienone is 2. The van der Waals surface area contributed by atoms with E-state index >= 15 is 0 Å². The lowest BCUT2D eigenvalue weighted by Gasteiger charge is -2.22. The van der Waals surface area contributed by atoms with Crippen molar-refractivity contribution in [3.05, 3.63) is 95.7 Å². The summed E-state index contributed by atoms with van der Waals surface area (Å²) in [5.41, 5.74) is 2.78. The van der Waals surface area contributed by atoms with E-state index in [-0.39, 0.29) is 22.8 Å². The number of nitrogens with zero attached hydrogens (tertiary/aromatic N) is 1.